The topological polar surface area (TPSA) is 34.9 Å². The minimum Gasteiger partial charge on any atom is -0.295 e. The van der Waals surface area contributed by atoms with Crippen molar-refractivity contribution in [2.75, 3.05) is 0 Å². The van der Waals surface area contributed by atoms with Gasteiger partial charge in [-0.1, -0.05) is 28.1 Å². The van der Waals surface area contributed by atoms with Crippen LogP contribution < -0.4 is 0 Å². The van der Waals surface area contributed by atoms with Crippen LogP contribution in [-0.2, 0) is 6.42 Å². The fourth-order valence-corrected chi connectivity index (χ4v) is 2.99. The summed E-state index contributed by atoms with van der Waals surface area (Å²) in [6.45, 7) is 0. The zero-order chi connectivity index (χ0) is 13.0. The highest BCUT2D eigenvalue weighted by Gasteiger charge is 2.25. The summed E-state index contributed by atoms with van der Waals surface area (Å²) >= 11 is 3.42. The molecule has 0 saturated carbocycles. The SMILES string of the molecule is O=C1Cc2nc3ccccc3n2-c2ccc(Br)cc21. The second-order valence-corrected chi connectivity index (χ2v) is 5.53. The third kappa shape index (κ3) is 1.50. The average molecular weight is 313 g/mol. The van der Waals surface area contributed by atoms with Crippen molar-refractivity contribution in [1.29, 1.82) is 0 Å². The standard InChI is InChI=1S/C15H9BrN2O/c16-9-5-6-12-10(7-9)14(19)8-15-17-11-3-1-2-4-13(11)18(12)15/h1-7H,8H2. The number of para-hydroxylation sites is 2. The van der Waals surface area contributed by atoms with E-state index in [-0.39, 0.29) is 5.78 Å². The summed E-state index contributed by atoms with van der Waals surface area (Å²) in [7, 11) is 0. The van der Waals surface area contributed by atoms with Crippen molar-refractivity contribution in [3.63, 3.8) is 0 Å². The second kappa shape index (κ2) is 3.78. The Morgan fingerprint density at radius 3 is 2.89 bits per heavy atom. The summed E-state index contributed by atoms with van der Waals surface area (Å²) in [5.74, 6) is 0.945. The number of carbonyl (C=O) groups is 1. The van der Waals surface area contributed by atoms with Crippen LogP contribution in [0.15, 0.2) is 46.9 Å². The van der Waals surface area contributed by atoms with Gasteiger partial charge in [-0.25, -0.2) is 4.98 Å². The molecule has 0 amide bonds. The number of benzene rings is 2. The Balaban J connectivity index is 2.13. The van der Waals surface area contributed by atoms with Crippen molar-refractivity contribution in [3.8, 4) is 5.69 Å². The van der Waals surface area contributed by atoms with Crippen LogP contribution in [0.4, 0.5) is 0 Å². The molecule has 4 rings (SSSR count). The number of Topliss-reactive ketones (excluding diaryl/α,β-unsaturated/α-hetero) is 1. The molecule has 0 atom stereocenters. The summed E-state index contributed by atoms with van der Waals surface area (Å²) in [6.07, 6.45) is 0.359. The van der Waals surface area contributed by atoms with Gasteiger partial charge in [-0.2, -0.15) is 0 Å². The number of carbonyl (C=O) groups excluding carboxylic acids is 1. The van der Waals surface area contributed by atoms with Gasteiger partial charge in [0.15, 0.2) is 5.78 Å². The minimum atomic E-state index is 0.124. The number of fused-ring (bicyclic) bond motifs is 5. The molecule has 0 radical (unpaired) electrons. The molecule has 92 valence electrons. The van der Waals surface area contributed by atoms with E-state index >= 15 is 0 Å². The van der Waals surface area contributed by atoms with E-state index in [9.17, 15) is 4.79 Å². The maximum Gasteiger partial charge on any atom is 0.172 e. The highest BCUT2D eigenvalue weighted by Crippen LogP contribution is 2.30. The first-order valence-electron chi connectivity index (χ1n) is 6.03. The second-order valence-electron chi connectivity index (χ2n) is 4.61. The van der Waals surface area contributed by atoms with Gasteiger partial charge in [-0.3, -0.25) is 9.36 Å². The van der Waals surface area contributed by atoms with Crippen LogP contribution >= 0.6 is 15.9 Å². The molecule has 0 saturated heterocycles. The lowest BCUT2D eigenvalue weighted by atomic mass is 10.0. The third-order valence-corrected chi connectivity index (χ3v) is 3.94. The van der Waals surface area contributed by atoms with Crippen molar-refractivity contribution in [3.05, 3.63) is 58.3 Å². The van der Waals surface area contributed by atoms with Crippen LogP contribution in [0.2, 0.25) is 0 Å². The van der Waals surface area contributed by atoms with Crippen molar-refractivity contribution < 1.29 is 4.79 Å². The first kappa shape index (κ1) is 10.9. The van der Waals surface area contributed by atoms with E-state index in [2.05, 4.69) is 25.5 Å². The number of ketones is 1. The van der Waals surface area contributed by atoms with E-state index in [1.54, 1.807) is 0 Å². The van der Waals surface area contributed by atoms with Gasteiger partial charge in [0.05, 0.1) is 23.1 Å². The van der Waals surface area contributed by atoms with Crippen LogP contribution in [0.1, 0.15) is 16.2 Å². The predicted octanol–water partition coefficient (Wildman–Crippen LogP) is 3.53. The molecular formula is C15H9BrN2O. The van der Waals surface area contributed by atoms with Crippen molar-refractivity contribution >= 4 is 32.7 Å². The van der Waals surface area contributed by atoms with Gasteiger partial charge < -0.3 is 0 Å². The zero-order valence-corrected chi connectivity index (χ0v) is 11.5. The number of halogens is 1. The van der Waals surface area contributed by atoms with Crippen LogP contribution in [0.25, 0.3) is 16.7 Å². The zero-order valence-electron chi connectivity index (χ0n) is 9.93. The Kier molecular flexibility index (Phi) is 2.17. The molecule has 0 unspecified atom stereocenters. The molecule has 0 N–H and O–H groups in total. The lowest BCUT2D eigenvalue weighted by Gasteiger charge is -2.18. The van der Waals surface area contributed by atoms with Crippen LogP contribution in [-0.4, -0.2) is 15.3 Å². The molecule has 0 bridgehead atoms. The molecule has 2 heterocycles. The molecule has 4 heteroatoms. The monoisotopic (exact) mass is 312 g/mol. The van der Waals surface area contributed by atoms with Gasteiger partial charge in [0.2, 0.25) is 0 Å². The quantitative estimate of drug-likeness (QED) is 0.636. The molecular weight excluding hydrogens is 304 g/mol. The highest BCUT2D eigenvalue weighted by molar-refractivity contribution is 9.10. The summed E-state index contributed by atoms with van der Waals surface area (Å²) in [4.78, 5) is 16.8. The lowest BCUT2D eigenvalue weighted by Crippen LogP contribution is -2.18. The summed E-state index contributed by atoms with van der Waals surface area (Å²) < 4.78 is 3.01. The highest BCUT2D eigenvalue weighted by atomic mass is 79.9. The predicted molar refractivity (Wildman–Crippen MR) is 76.8 cm³/mol. The molecule has 2 aromatic carbocycles. The largest absolute Gasteiger partial charge is 0.295 e. The molecule has 1 aliphatic rings. The summed E-state index contributed by atoms with van der Waals surface area (Å²) in [5, 5.41) is 0. The molecule has 0 fully saturated rings. The van der Waals surface area contributed by atoms with Gasteiger partial charge in [0.1, 0.15) is 5.82 Å². The van der Waals surface area contributed by atoms with Crippen LogP contribution in [0, 0.1) is 0 Å². The number of aromatic nitrogens is 2. The lowest BCUT2D eigenvalue weighted by molar-refractivity contribution is 0.0986. The molecule has 1 aliphatic heterocycles. The van der Waals surface area contributed by atoms with Crippen LogP contribution in [0.3, 0.4) is 0 Å². The first-order chi connectivity index (χ1) is 9.24. The van der Waals surface area contributed by atoms with Gasteiger partial charge in [-0.05, 0) is 30.3 Å². The average Bonchev–Trinajstić information content (AvgIpc) is 2.77. The van der Waals surface area contributed by atoms with Crippen LogP contribution in [0.5, 0.6) is 0 Å². The normalized spacial score (nSPS) is 13.4. The van der Waals surface area contributed by atoms with Gasteiger partial charge in [0, 0.05) is 10.0 Å². The van der Waals surface area contributed by atoms with E-state index in [0.717, 1.165) is 32.6 Å². The van der Waals surface area contributed by atoms with E-state index in [0.29, 0.717) is 6.42 Å². The Labute approximate surface area is 118 Å². The number of rotatable bonds is 0. The molecule has 3 nitrogen and oxygen atoms in total. The number of imidazole rings is 1. The minimum absolute atomic E-state index is 0.124. The van der Waals surface area contributed by atoms with Gasteiger partial charge >= 0.3 is 0 Å². The number of hydrogen-bond donors (Lipinski definition) is 0. The van der Waals surface area contributed by atoms with Gasteiger partial charge in [0.25, 0.3) is 0 Å². The van der Waals surface area contributed by atoms with Gasteiger partial charge in [-0.15, -0.1) is 0 Å². The molecule has 3 aromatic rings. The first-order valence-corrected chi connectivity index (χ1v) is 6.83. The van der Waals surface area contributed by atoms with E-state index in [1.807, 2.05) is 42.5 Å². The third-order valence-electron chi connectivity index (χ3n) is 3.45. The maximum atomic E-state index is 12.2. The fourth-order valence-electron chi connectivity index (χ4n) is 2.63. The summed E-state index contributed by atoms with van der Waals surface area (Å²) in [6, 6.07) is 13.8. The molecule has 0 aliphatic carbocycles. The maximum absolute atomic E-state index is 12.2. The Bertz CT molecular complexity index is 835. The van der Waals surface area contributed by atoms with Crippen molar-refractivity contribution in [1.82, 2.24) is 9.55 Å². The molecule has 0 spiro atoms. The Morgan fingerprint density at radius 2 is 2.00 bits per heavy atom. The Hall–Kier alpha value is -1.94. The smallest absolute Gasteiger partial charge is 0.172 e. The van der Waals surface area contributed by atoms with E-state index in [4.69, 9.17) is 0 Å². The molecule has 1 aromatic heterocycles. The van der Waals surface area contributed by atoms with Crippen molar-refractivity contribution in [2.45, 2.75) is 6.42 Å². The number of hydrogen-bond acceptors (Lipinski definition) is 2. The number of nitrogens with zero attached hydrogens (tertiary/aromatic N) is 2. The summed E-state index contributed by atoms with van der Waals surface area (Å²) in [5.41, 5.74) is 3.66. The molecule has 19 heavy (non-hydrogen) atoms. The van der Waals surface area contributed by atoms with Crippen molar-refractivity contribution in [2.24, 2.45) is 0 Å². The van der Waals surface area contributed by atoms with E-state index < -0.39 is 0 Å². The Morgan fingerprint density at radius 1 is 1.16 bits per heavy atom. The van der Waals surface area contributed by atoms with E-state index in [1.165, 1.54) is 0 Å². The fraction of sp³-hybridized carbons (Fsp3) is 0.0667.